The largest absolute Gasteiger partial charge is 0.492 e. The van der Waals surface area contributed by atoms with Crippen LogP contribution in [0.2, 0.25) is 0 Å². The molecule has 210 valence electrons. The van der Waals surface area contributed by atoms with Gasteiger partial charge in [0.25, 0.3) is 0 Å². The van der Waals surface area contributed by atoms with E-state index in [9.17, 15) is 4.79 Å². The molecule has 2 heterocycles. The van der Waals surface area contributed by atoms with E-state index in [4.69, 9.17) is 23.7 Å². The summed E-state index contributed by atoms with van der Waals surface area (Å²) in [7, 11) is 1.69. The van der Waals surface area contributed by atoms with Crippen LogP contribution in [0.4, 0.5) is 0 Å². The topological polar surface area (TPSA) is 73.1 Å². The van der Waals surface area contributed by atoms with Gasteiger partial charge >= 0.3 is 5.97 Å². The summed E-state index contributed by atoms with van der Waals surface area (Å²) in [6.45, 7) is 15.0. The number of likely N-dealkylation sites (N-methyl/N-ethyl adjacent to an activating group) is 1. The Balaban J connectivity index is 1.32. The SMILES string of the molecule is CCN(CC)CCOc1ccc(C=CC(=O)O[C@@H]2CC[C@]3(CO3)[C@@H]([C@@]3(C)O[C@@H]3CC=C(C)C)[C@@H]2OC)cc1. The lowest BCUT2D eigenvalue weighted by Crippen LogP contribution is -2.55. The van der Waals surface area contributed by atoms with Crippen LogP contribution in [-0.4, -0.2) is 80.3 Å². The number of hydrogen-bond donors (Lipinski definition) is 0. The fraction of sp³-hybridized carbons (Fsp3) is 0.645. The van der Waals surface area contributed by atoms with Gasteiger partial charge in [-0.05, 0) is 76.9 Å². The predicted octanol–water partition coefficient (Wildman–Crippen LogP) is 5.04. The van der Waals surface area contributed by atoms with Crippen LogP contribution in [0.15, 0.2) is 42.0 Å². The number of epoxide rings is 2. The number of carbonyl (C=O) groups is 1. The average molecular weight is 528 g/mol. The highest BCUT2D eigenvalue weighted by Crippen LogP contribution is 2.59. The van der Waals surface area contributed by atoms with Gasteiger partial charge in [-0.25, -0.2) is 4.79 Å². The molecule has 2 aliphatic heterocycles. The van der Waals surface area contributed by atoms with Crippen LogP contribution in [0.25, 0.3) is 6.08 Å². The van der Waals surface area contributed by atoms with E-state index in [0.29, 0.717) is 19.6 Å². The molecule has 0 aromatic heterocycles. The van der Waals surface area contributed by atoms with Crippen molar-refractivity contribution in [1.29, 1.82) is 0 Å². The summed E-state index contributed by atoms with van der Waals surface area (Å²) in [5, 5.41) is 0. The van der Waals surface area contributed by atoms with E-state index < -0.39 is 0 Å². The van der Waals surface area contributed by atoms with Gasteiger partial charge in [0.1, 0.15) is 35.8 Å². The van der Waals surface area contributed by atoms with Gasteiger partial charge in [-0.3, -0.25) is 0 Å². The Morgan fingerprint density at radius 1 is 1.18 bits per heavy atom. The molecule has 4 rings (SSSR count). The summed E-state index contributed by atoms with van der Waals surface area (Å²) in [5.41, 5.74) is 1.61. The molecule has 0 unspecified atom stereocenters. The summed E-state index contributed by atoms with van der Waals surface area (Å²) in [6, 6.07) is 7.74. The first-order valence-corrected chi connectivity index (χ1v) is 14.1. The zero-order valence-electron chi connectivity index (χ0n) is 23.9. The molecule has 7 heteroatoms. The fourth-order valence-corrected chi connectivity index (χ4v) is 5.93. The average Bonchev–Trinajstić information content (AvgIpc) is 3.82. The molecule has 3 fully saturated rings. The van der Waals surface area contributed by atoms with Gasteiger partial charge < -0.3 is 28.6 Å². The Labute approximate surface area is 228 Å². The Hall–Kier alpha value is -2.19. The van der Waals surface area contributed by atoms with Crippen LogP contribution in [-0.2, 0) is 23.7 Å². The van der Waals surface area contributed by atoms with Gasteiger partial charge in [-0.15, -0.1) is 0 Å². The van der Waals surface area contributed by atoms with E-state index in [1.807, 2.05) is 24.3 Å². The molecule has 1 saturated carbocycles. The molecular weight excluding hydrogens is 482 g/mol. The van der Waals surface area contributed by atoms with Gasteiger partial charge in [-0.1, -0.05) is 37.6 Å². The number of esters is 1. The molecule has 0 bridgehead atoms. The number of rotatable bonds is 13. The van der Waals surface area contributed by atoms with Crippen LogP contribution in [0.5, 0.6) is 5.75 Å². The molecule has 1 aromatic carbocycles. The smallest absolute Gasteiger partial charge is 0.331 e. The molecule has 2 saturated heterocycles. The number of carbonyl (C=O) groups excluding carboxylic acids is 1. The van der Waals surface area contributed by atoms with Crippen molar-refractivity contribution in [3.63, 3.8) is 0 Å². The third kappa shape index (κ3) is 6.68. The zero-order chi connectivity index (χ0) is 27.3. The first kappa shape index (κ1) is 28.8. The summed E-state index contributed by atoms with van der Waals surface area (Å²) >= 11 is 0. The van der Waals surface area contributed by atoms with Gasteiger partial charge in [0, 0.05) is 19.7 Å². The quantitative estimate of drug-likeness (QED) is 0.154. The van der Waals surface area contributed by atoms with Crippen molar-refractivity contribution in [3.05, 3.63) is 47.6 Å². The molecule has 6 atom stereocenters. The lowest BCUT2D eigenvalue weighted by Gasteiger charge is -2.42. The minimum Gasteiger partial charge on any atom is -0.492 e. The number of ether oxygens (including phenoxy) is 5. The number of hydrogen-bond acceptors (Lipinski definition) is 7. The Morgan fingerprint density at radius 2 is 1.89 bits per heavy atom. The van der Waals surface area contributed by atoms with E-state index >= 15 is 0 Å². The van der Waals surface area contributed by atoms with Crippen LogP contribution in [0.1, 0.15) is 59.4 Å². The number of methoxy groups -OCH3 is 1. The monoisotopic (exact) mass is 527 g/mol. The van der Waals surface area contributed by atoms with Crippen molar-refractivity contribution >= 4 is 12.0 Å². The van der Waals surface area contributed by atoms with E-state index in [-0.39, 0.29) is 41.4 Å². The number of nitrogens with zero attached hydrogens (tertiary/aromatic N) is 1. The van der Waals surface area contributed by atoms with E-state index in [2.05, 4.69) is 45.6 Å². The zero-order valence-corrected chi connectivity index (χ0v) is 23.9. The van der Waals surface area contributed by atoms with Crippen molar-refractivity contribution in [2.45, 2.75) is 83.4 Å². The normalized spacial score (nSPS) is 32.0. The second-order valence-electron chi connectivity index (χ2n) is 11.1. The summed E-state index contributed by atoms with van der Waals surface area (Å²) in [6.07, 6.45) is 7.40. The molecule has 3 aliphatic rings. The van der Waals surface area contributed by atoms with E-state index in [0.717, 1.165) is 43.8 Å². The molecule has 0 radical (unpaired) electrons. The molecule has 0 amide bonds. The van der Waals surface area contributed by atoms with E-state index in [1.165, 1.54) is 11.6 Å². The first-order valence-electron chi connectivity index (χ1n) is 14.1. The molecular formula is C31H45NO6. The molecule has 1 aliphatic carbocycles. The fourth-order valence-electron chi connectivity index (χ4n) is 5.93. The highest BCUT2D eigenvalue weighted by atomic mass is 16.6. The van der Waals surface area contributed by atoms with Crippen LogP contribution in [0, 0.1) is 5.92 Å². The molecule has 0 N–H and O–H groups in total. The van der Waals surface area contributed by atoms with E-state index in [1.54, 1.807) is 13.2 Å². The van der Waals surface area contributed by atoms with Gasteiger partial charge in [0.05, 0.1) is 18.6 Å². The maximum Gasteiger partial charge on any atom is 0.331 e. The first-order chi connectivity index (χ1) is 18.2. The van der Waals surface area contributed by atoms with Crippen molar-refractivity contribution in [2.24, 2.45) is 5.92 Å². The maximum atomic E-state index is 12.8. The third-order valence-corrected chi connectivity index (χ3v) is 8.37. The van der Waals surface area contributed by atoms with Crippen LogP contribution in [0.3, 0.4) is 0 Å². The van der Waals surface area contributed by atoms with Crippen LogP contribution < -0.4 is 4.74 Å². The second-order valence-corrected chi connectivity index (χ2v) is 11.1. The maximum absolute atomic E-state index is 12.8. The standard InChI is InChI=1S/C31H45NO6/c1-7-32(8-2)19-20-35-24-13-10-23(11-14-24)12-16-27(33)37-25-17-18-31(21-36-31)29(28(25)34-6)30(5)26(38-30)15-9-22(3)4/h9-14,16,25-26,28-29H,7-8,15,17-21H2,1-6H3/t25-,26-,28-,29-,30+,31+/m1/s1. The number of benzene rings is 1. The molecule has 1 aromatic rings. The van der Waals surface area contributed by atoms with Gasteiger partial charge in [-0.2, -0.15) is 0 Å². The Bertz CT molecular complexity index is 992. The van der Waals surface area contributed by atoms with Crippen molar-refractivity contribution in [2.75, 3.05) is 40.0 Å². The predicted molar refractivity (Wildman–Crippen MR) is 148 cm³/mol. The summed E-state index contributed by atoms with van der Waals surface area (Å²) in [4.78, 5) is 15.1. The minimum absolute atomic E-state index is 0.0142. The van der Waals surface area contributed by atoms with Gasteiger partial charge in [0.2, 0.25) is 0 Å². The highest BCUT2D eigenvalue weighted by Gasteiger charge is 2.72. The molecule has 38 heavy (non-hydrogen) atoms. The Kier molecular flexibility index (Phi) is 9.35. The van der Waals surface area contributed by atoms with Crippen molar-refractivity contribution in [3.8, 4) is 5.75 Å². The van der Waals surface area contributed by atoms with Crippen molar-refractivity contribution in [1.82, 2.24) is 4.90 Å². The number of allylic oxidation sites excluding steroid dienone is 1. The lowest BCUT2D eigenvalue weighted by molar-refractivity contribution is -0.166. The second kappa shape index (κ2) is 12.3. The van der Waals surface area contributed by atoms with Crippen molar-refractivity contribution < 1.29 is 28.5 Å². The Morgan fingerprint density at radius 3 is 2.50 bits per heavy atom. The highest BCUT2D eigenvalue weighted by molar-refractivity contribution is 5.87. The third-order valence-electron chi connectivity index (χ3n) is 8.37. The minimum atomic E-state index is -0.369. The molecule has 1 spiro atoms. The lowest BCUT2D eigenvalue weighted by atomic mass is 9.68. The summed E-state index contributed by atoms with van der Waals surface area (Å²) < 4.78 is 30.0. The summed E-state index contributed by atoms with van der Waals surface area (Å²) in [5.74, 6) is 0.467. The van der Waals surface area contributed by atoms with Gasteiger partial charge in [0.15, 0.2) is 0 Å². The molecule has 7 nitrogen and oxygen atoms in total. The van der Waals surface area contributed by atoms with Crippen LogP contribution >= 0.6 is 0 Å².